The zero-order chi connectivity index (χ0) is 19.0. The van der Waals surface area contributed by atoms with Crippen molar-refractivity contribution >= 4 is 21.8 Å². The summed E-state index contributed by atoms with van der Waals surface area (Å²) in [4.78, 5) is 24.1. The Hall–Kier alpha value is -1.93. The summed E-state index contributed by atoms with van der Waals surface area (Å²) in [6.07, 6.45) is 1.26. The van der Waals surface area contributed by atoms with Crippen LogP contribution in [0, 0.1) is 5.92 Å². The van der Waals surface area contributed by atoms with Gasteiger partial charge >= 0.3 is 0 Å². The Labute approximate surface area is 149 Å². The smallest absolute Gasteiger partial charge is 0.242 e. The third-order valence-electron chi connectivity index (χ3n) is 3.75. The number of likely N-dealkylation sites (N-methyl/N-ethyl adjacent to an activating group) is 1. The maximum Gasteiger partial charge on any atom is 0.242 e. The van der Waals surface area contributed by atoms with Crippen molar-refractivity contribution in [2.75, 3.05) is 14.1 Å². The van der Waals surface area contributed by atoms with E-state index >= 15 is 0 Å². The van der Waals surface area contributed by atoms with Crippen molar-refractivity contribution in [2.24, 2.45) is 5.92 Å². The largest absolute Gasteiger partial charge is 0.357 e. The highest BCUT2D eigenvalue weighted by molar-refractivity contribution is 7.89. The zero-order valence-corrected chi connectivity index (χ0v) is 15.9. The van der Waals surface area contributed by atoms with E-state index in [2.05, 4.69) is 15.4 Å². The van der Waals surface area contributed by atoms with Crippen molar-refractivity contribution in [2.45, 2.75) is 44.0 Å². The van der Waals surface area contributed by atoms with E-state index in [1.165, 1.54) is 19.2 Å². The van der Waals surface area contributed by atoms with E-state index in [0.717, 1.165) is 5.56 Å². The molecular weight excluding hydrogens is 342 g/mol. The summed E-state index contributed by atoms with van der Waals surface area (Å²) >= 11 is 0. The van der Waals surface area contributed by atoms with Crippen LogP contribution in [0.25, 0.3) is 0 Å². The molecule has 0 spiro atoms. The van der Waals surface area contributed by atoms with Crippen LogP contribution >= 0.6 is 0 Å². The molecule has 2 amide bonds. The maximum absolute atomic E-state index is 12.1. The third-order valence-corrected chi connectivity index (χ3v) is 5.18. The highest BCUT2D eigenvalue weighted by Crippen LogP contribution is 2.12. The molecule has 3 N–H and O–H groups in total. The summed E-state index contributed by atoms with van der Waals surface area (Å²) in [6, 6.07) is 5.83. The summed E-state index contributed by atoms with van der Waals surface area (Å²) < 4.78 is 25.6. The first-order valence-electron chi connectivity index (χ1n) is 8.23. The number of amides is 2. The lowest BCUT2D eigenvalue weighted by atomic mass is 10.0. The fraction of sp³-hybridized carbons (Fsp3) is 0.529. The molecule has 1 aromatic carbocycles. The molecule has 1 unspecified atom stereocenters. The molecule has 0 aliphatic heterocycles. The molecule has 8 heteroatoms. The molecule has 0 saturated heterocycles. The fourth-order valence-corrected chi connectivity index (χ4v) is 3.08. The maximum atomic E-state index is 12.1. The lowest BCUT2D eigenvalue weighted by molar-refractivity contribution is -0.129. The zero-order valence-electron chi connectivity index (χ0n) is 15.1. The SMILES string of the molecule is CNC(=O)C(CC(C)C)NC(=O)CCc1ccc(S(=O)(=O)NC)cc1. The van der Waals surface area contributed by atoms with Crippen LogP contribution in [0.1, 0.15) is 32.3 Å². The minimum Gasteiger partial charge on any atom is -0.357 e. The molecule has 0 aromatic heterocycles. The Morgan fingerprint density at radius 2 is 1.68 bits per heavy atom. The first-order chi connectivity index (χ1) is 11.7. The van der Waals surface area contributed by atoms with Gasteiger partial charge in [-0.05, 0) is 43.5 Å². The van der Waals surface area contributed by atoms with E-state index in [-0.39, 0.29) is 29.0 Å². The van der Waals surface area contributed by atoms with Gasteiger partial charge in [-0.2, -0.15) is 0 Å². The first-order valence-corrected chi connectivity index (χ1v) is 9.71. The van der Waals surface area contributed by atoms with Crippen LogP contribution in [0.15, 0.2) is 29.2 Å². The van der Waals surface area contributed by atoms with Crippen LogP contribution in [0.4, 0.5) is 0 Å². The lowest BCUT2D eigenvalue weighted by Crippen LogP contribution is -2.46. The van der Waals surface area contributed by atoms with Crippen molar-refractivity contribution < 1.29 is 18.0 Å². The normalized spacial score (nSPS) is 12.7. The number of nitrogens with one attached hydrogen (secondary N) is 3. The predicted octanol–water partition coefficient (Wildman–Crippen LogP) is 0.804. The van der Waals surface area contributed by atoms with E-state index in [1.54, 1.807) is 19.2 Å². The van der Waals surface area contributed by atoms with Gasteiger partial charge in [0.25, 0.3) is 0 Å². The summed E-state index contributed by atoms with van der Waals surface area (Å²) in [6.45, 7) is 3.98. The molecule has 0 saturated carbocycles. The van der Waals surface area contributed by atoms with Crippen LogP contribution in [0.5, 0.6) is 0 Å². The highest BCUT2D eigenvalue weighted by atomic mass is 32.2. The number of sulfonamides is 1. The van der Waals surface area contributed by atoms with Gasteiger partial charge in [0.05, 0.1) is 4.90 Å². The summed E-state index contributed by atoms with van der Waals surface area (Å²) in [5.41, 5.74) is 0.852. The van der Waals surface area contributed by atoms with Gasteiger partial charge in [-0.3, -0.25) is 9.59 Å². The minimum absolute atomic E-state index is 0.180. The summed E-state index contributed by atoms with van der Waals surface area (Å²) in [5, 5.41) is 5.32. The molecule has 0 bridgehead atoms. The molecule has 0 heterocycles. The van der Waals surface area contributed by atoms with Crippen molar-refractivity contribution in [3.05, 3.63) is 29.8 Å². The van der Waals surface area contributed by atoms with Gasteiger partial charge in [-0.15, -0.1) is 0 Å². The van der Waals surface area contributed by atoms with Crippen molar-refractivity contribution in [3.8, 4) is 0 Å². The van der Waals surface area contributed by atoms with Crippen LogP contribution < -0.4 is 15.4 Å². The number of aryl methyl sites for hydroxylation is 1. The van der Waals surface area contributed by atoms with E-state index in [1.807, 2.05) is 13.8 Å². The molecule has 1 aromatic rings. The van der Waals surface area contributed by atoms with Crippen molar-refractivity contribution in [1.82, 2.24) is 15.4 Å². The summed E-state index contributed by atoms with van der Waals surface area (Å²) in [7, 11) is -0.561. The number of hydrogen-bond donors (Lipinski definition) is 3. The standard InChI is InChI=1S/C17H27N3O4S/c1-12(2)11-15(17(22)18-3)20-16(21)10-7-13-5-8-14(9-6-13)25(23,24)19-4/h5-6,8-9,12,15,19H,7,10-11H2,1-4H3,(H,18,22)(H,20,21). The van der Waals surface area contributed by atoms with Gasteiger partial charge in [-0.1, -0.05) is 26.0 Å². The van der Waals surface area contributed by atoms with E-state index < -0.39 is 16.1 Å². The second-order valence-electron chi connectivity index (χ2n) is 6.22. The summed E-state index contributed by atoms with van der Waals surface area (Å²) in [5.74, 6) is -0.130. The molecule has 0 aliphatic carbocycles. The van der Waals surface area contributed by atoms with Crippen LogP contribution in [0.3, 0.4) is 0 Å². The molecule has 25 heavy (non-hydrogen) atoms. The predicted molar refractivity (Wildman–Crippen MR) is 96.5 cm³/mol. The highest BCUT2D eigenvalue weighted by Gasteiger charge is 2.20. The molecule has 1 rings (SSSR count). The molecule has 0 radical (unpaired) electrons. The average Bonchev–Trinajstić information content (AvgIpc) is 2.58. The molecule has 1 atom stereocenters. The van der Waals surface area contributed by atoms with Crippen LogP contribution in [-0.2, 0) is 26.0 Å². The topological polar surface area (TPSA) is 104 Å². The second kappa shape index (κ2) is 9.53. The number of carbonyl (C=O) groups excluding carboxylic acids is 2. The number of benzene rings is 1. The van der Waals surface area contributed by atoms with Gasteiger partial charge in [0.1, 0.15) is 6.04 Å². The quantitative estimate of drug-likeness (QED) is 0.599. The third kappa shape index (κ3) is 6.83. The minimum atomic E-state index is -3.46. The van der Waals surface area contributed by atoms with E-state index in [4.69, 9.17) is 0 Å². The lowest BCUT2D eigenvalue weighted by Gasteiger charge is -2.19. The Bertz CT molecular complexity index is 684. The van der Waals surface area contributed by atoms with E-state index in [0.29, 0.717) is 12.8 Å². The molecule has 7 nitrogen and oxygen atoms in total. The molecule has 140 valence electrons. The van der Waals surface area contributed by atoms with Crippen molar-refractivity contribution in [1.29, 1.82) is 0 Å². The first kappa shape index (κ1) is 21.1. The molecule has 0 aliphatic rings. The van der Waals surface area contributed by atoms with Gasteiger partial charge in [0, 0.05) is 13.5 Å². The van der Waals surface area contributed by atoms with Gasteiger partial charge in [0.15, 0.2) is 0 Å². The van der Waals surface area contributed by atoms with Gasteiger partial charge < -0.3 is 10.6 Å². The Balaban J connectivity index is 2.62. The number of carbonyl (C=O) groups is 2. The Morgan fingerprint density at radius 1 is 1.08 bits per heavy atom. The van der Waals surface area contributed by atoms with Crippen molar-refractivity contribution in [3.63, 3.8) is 0 Å². The van der Waals surface area contributed by atoms with Gasteiger partial charge in [0.2, 0.25) is 21.8 Å². The fourth-order valence-electron chi connectivity index (χ4n) is 2.35. The molecular formula is C17H27N3O4S. The number of rotatable bonds is 9. The van der Waals surface area contributed by atoms with Crippen LogP contribution in [0.2, 0.25) is 0 Å². The molecule has 0 fully saturated rings. The monoisotopic (exact) mass is 369 g/mol. The average molecular weight is 369 g/mol. The van der Waals surface area contributed by atoms with Crippen LogP contribution in [-0.4, -0.2) is 40.4 Å². The van der Waals surface area contributed by atoms with Gasteiger partial charge in [-0.25, -0.2) is 13.1 Å². The van der Waals surface area contributed by atoms with E-state index in [9.17, 15) is 18.0 Å². The Kier molecular flexibility index (Phi) is 8.05. The Morgan fingerprint density at radius 3 is 2.16 bits per heavy atom. The second-order valence-corrected chi connectivity index (χ2v) is 8.10. The number of hydrogen-bond acceptors (Lipinski definition) is 4.